The summed E-state index contributed by atoms with van der Waals surface area (Å²) in [6.45, 7) is 2.79. The molecule has 6 nitrogen and oxygen atoms in total. The fourth-order valence-electron chi connectivity index (χ4n) is 2.71. The van der Waals surface area contributed by atoms with Gasteiger partial charge in [0.05, 0.1) is 11.5 Å². The average Bonchev–Trinajstić information content (AvgIpc) is 2.63. The zero-order chi connectivity index (χ0) is 17.9. The molecular formula is C18H20N2O4S. The maximum Gasteiger partial charge on any atom is 0.253 e. The van der Waals surface area contributed by atoms with E-state index in [1.165, 1.54) is 12.1 Å². The van der Waals surface area contributed by atoms with Crippen molar-refractivity contribution in [3.8, 4) is 0 Å². The van der Waals surface area contributed by atoms with Crippen LogP contribution in [0.1, 0.15) is 18.5 Å². The molecule has 2 aromatic carbocycles. The second kappa shape index (κ2) is 7.35. The van der Waals surface area contributed by atoms with E-state index < -0.39 is 10.0 Å². The number of hydrogen-bond donors (Lipinski definition) is 1. The minimum absolute atomic E-state index is 0.0518. The quantitative estimate of drug-likeness (QED) is 0.886. The Bertz CT molecular complexity index is 835. The number of carbonyl (C=O) groups excluding carboxylic acids is 1. The number of anilines is 1. The van der Waals surface area contributed by atoms with Crippen molar-refractivity contribution in [3.63, 3.8) is 0 Å². The van der Waals surface area contributed by atoms with E-state index in [9.17, 15) is 13.2 Å². The zero-order valence-electron chi connectivity index (χ0n) is 13.9. The Kier molecular flexibility index (Phi) is 5.17. The number of nitrogens with one attached hydrogen (secondary N) is 1. The molecule has 2 aromatic rings. The van der Waals surface area contributed by atoms with Gasteiger partial charge in [0.1, 0.15) is 6.61 Å². The number of morpholine rings is 1. The molecule has 25 heavy (non-hydrogen) atoms. The summed E-state index contributed by atoms with van der Waals surface area (Å²) in [4.78, 5) is 13.6. The Hall–Kier alpha value is -2.22. The number of amides is 1. The van der Waals surface area contributed by atoms with E-state index in [2.05, 4.69) is 4.72 Å². The molecule has 3 rings (SSSR count). The van der Waals surface area contributed by atoms with Crippen LogP contribution >= 0.6 is 0 Å². The highest BCUT2D eigenvalue weighted by Gasteiger charge is 2.22. The number of nitrogens with zero attached hydrogens (tertiary/aromatic N) is 1. The smallest absolute Gasteiger partial charge is 0.253 e. The molecule has 0 saturated carbocycles. The van der Waals surface area contributed by atoms with Crippen LogP contribution < -0.4 is 9.62 Å². The van der Waals surface area contributed by atoms with Gasteiger partial charge in [-0.1, -0.05) is 30.3 Å². The predicted octanol–water partition coefficient (Wildman–Crippen LogP) is 2.09. The van der Waals surface area contributed by atoms with Gasteiger partial charge >= 0.3 is 0 Å². The number of sulfonamides is 1. The fraction of sp³-hybridized carbons (Fsp3) is 0.278. The maximum atomic E-state index is 12.6. The van der Waals surface area contributed by atoms with Crippen LogP contribution in [0.25, 0.3) is 0 Å². The van der Waals surface area contributed by atoms with Crippen molar-refractivity contribution in [3.05, 3.63) is 60.2 Å². The third kappa shape index (κ3) is 4.07. The molecule has 0 spiro atoms. The average molecular weight is 360 g/mol. The van der Waals surface area contributed by atoms with E-state index in [1.807, 2.05) is 30.3 Å². The van der Waals surface area contributed by atoms with E-state index in [0.29, 0.717) is 18.8 Å². The van der Waals surface area contributed by atoms with Crippen molar-refractivity contribution in [2.45, 2.75) is 17.9 Å². The molecule has 0 bridgehead atoms. The van der Waals surface area contributed by atoms with Gasteiger partial charge in [-0.2, -0.15) is 0 Å². The monoisotopic (exact) mass is 360 g/mol. The van der Waals surface area contributed by atoms with Crippen LogP contribution in [0.15, 0.2) is 59.5 Å². The van der Waals surface area contributed by atoms with Crippen LogP contribution in [-0.2, 0) is 19.6 Å². The molecule has 132 valence electrons. The summed E-state index contributed by atoms with van der Waals surface area (Å²) >= 11 is 0. The first-order valence-corrected chi connectivity index (χ1v) is 9.51. The minimum Gasteiger partial charge on any atom is -0.370 e. The lowest BCUT2D eigenvalue weighted by Gasteiger charge is -2.27. The van der Waals surface area contributed by atoms with Crippen molar-refractivity contribution in [1.29, 1.82) is 0 Å². The molecular weight excluding hydrogens is 340 g/mol. The van der Waals surface area contributed by atoms with Gasteiger partial charge in [-0.25, -0.2) is 13.1 Å². The standard InChI is InChI=1S/C18H20N2O4S/c1-14(15-5-3-2-4-6-15)19-25(22,23)17-9-7-16(8-10-17)20-11-12-24-13-18(20)21/h2-10,14,19H,11-13H2,1H3. The fourth-order valence-corrected chi connectivity index (χ4v) is 3.94. The van der Waals surface area contributed by atoms with Crippen LogP contribution in [0.2, 0.25) is 0 Å². The highest BCUT2D eigenvalue weighted by atomic mass is 32.2. The highest BCUT2D eigenvalue weighted by Crippen LogP contribution is 2.21. The summed E-state index contributed by atoms with van der Waals surface area (Å²) in [6, 6.07) is 15.3. The van der Waals surface area contributed by atoms with Crippen molar-refractivity contribution in [2.75, 3.05) is 24.7 Å². The summed E-state index contributed by atoms with van der Waals surface area (Å²) in [5, 5.41) is 0. The second-order valence-corrected chi connectivity index (χ2v) is 7.56. The summed E-state index contributed by atoms with van der Waals surface area (Å²) in [5.41, 5.74) is 1.56. The summed E-state index contributed by atoms with van der Waals surface area (Å²) < 4.78 is 32.9. The van der Waals surface area contributed by atoms with Gasteiger partial charge in [0.2, 0.25) is 10.0 Å². The molecule has 1 saturated heterocycles. The molecule has 0 aliphatic carbocycles. The molecule has 1 unspecified atom stereocenters. The van der Waals surface area contributed by atoms with E-state index in [4.69, 9.17) is 4.74 Å². The third-order valence-corrected chi connectivity index (χ3v) is 5.63. The van der Waals surface area contributed by atoms with Crippen LogP contribution in [0, 0.1) is 0 Å². The Balaban J connectivity index is 1.75. The Morgan fingerprint density at radius 3 is 2.40 bits per heavy atom. The number of benzene rings is 2. The van der Waals surface area contributed by atoms with Gasteiger partial charge in [-0.15, -0.1) is 0 Å². The first-order chi connectivity index (χ1) is 12.0. The van der Waals surface area contributed by atoms with Crippen molar-refractivity contribution >= 4 is 21.6 Å². The van der Waals surface area contributed by atoms with E-state index in [0.717, 1.165) is 5.56 Å². The van der Waals surface area contributed by atoms with Gasteiger partial charge < -0.3 is 9.64 Å². The van der Waals surface area contributed by atoms with Crippen LogP contribution in [-0.4, -0.2) is 34.1 Å². The zero-order valence-corrected chi connectivity index (χ0v) is 14.7. The predicted molar refractivity (Wildman–Crippen MR) is 94.8 cm³/mol. The number of carbonyl (C=O) groups is 1. The van der Waals surface area contributed by atoms with Gasteiger partial charge in [0.15, 0.2) is 0 Å². The van der Waals surface area contributed by atoms with Crippen LogP contribution in [0.3, 0.4) is 0 Å². The molecule has 1 N–H and O–H groups in total. The molecule has 1 aliphatic heterocycles. The lowest BCUT2D eigenvalue weighted by Crippen LogP contribution is -2.41. The molecule has 1 atom stereocenters. The van der Waals surface area contributed by atoms with Crippen LogP contribution in [0.4, 0.5) is 5.69 Å². The largest absolute Gasteiger partial charge is 0.370 e. The van der Waals surface area contributed by atoms with Gasteiger partial charge in [-0.3, -0.25) is 4.79 Å². The summed E-state index contributed by atoms with van der Waals surface area (Å²) in [6.07, 6.45) is 0. The number of ether oxygens (including phenoxy) is 1. The minimum atomic E-state index is -3.65. The van der Waals surface area contributed by atoms with Gasteiger partial charge in [-0.05, 0) is 36.8 Å². The SMILES string of the molecule is CC(NS(=O)(=O)c1ccc(N2CCOCC2=O)cc1)c1ccccc1. The molecule has 1 fully saturated rings. The highest BCUT2D eigenvalue weighted by molar-refractivity contribution is 7.89. The molecule has 7 heteroatoms. The Morgan fingerprint density at radius 1 is 1.08 bits per heavy atom. The maximum absolute atomic E-state index is 12.6. The molecule has 1 heterocycles. The van der Waals surface area contributed by atoms with Crippen LogP contribution in [0.5, 0.6) is 0 Å². The van der Waals surface area contributed by atoms with E-state index in [1.54, 1.807) is 24.0 Å². The van der Waals surface area contributed by atoms with Crippen molar-refractivity contribution < 1.29 is 17.9 Å². The first kappa shape index (κ1) is 17.6. The second-order valence-electron chi connectivity index (χ2n) is 5.85. The van der Waals surface area contributed by atoms with E-state index >= 15 is 0 Å². The number of hydrogen-bond acceptors (Lipinski definition) is 4. The summed E-state index contributed by atoms with van der Waals surface area (Å²) in [7, 11) is -3.65. The topological polar surface area (TPSA) is 75.7 Å². The van der Waals surface area contributed by atoms with Gasteiger partial charge in [0, 0.05) is 18.3 Å². The summed E-state index contributed by atoms with van der Waals surface area (Å²) in [5.74, 6) is -0.127. The van der Waals surface area contributed by atoms with E-state index in [-0.39, 0.29) is 23.5 Å². The molecule has 1 aliphatic rings. The molecule has 1 amide bonds. The van der Waals surface area contributed by atoms with Gasteiger partial charge in [0.25, 0.3) is 5.91 Å². The van der Waals surface area contributed by atoms with Crippen molar-refractivity contribution in [1.82, 2.24) is 4.72 Å². The Morgan fingerprint density at radius 2 is 1.76 bits per heavy atom. The van der Waals surface area contributed by atoms with Crippen molar-refractivity contribution in [2.24, 2.45) is 0 Å². The Labute approximate surface area is 147 Å². The normalized spacial score (nSPS) is 16.7. The third-order valence-electron chi connectivity index (χ3n) is 4.08. The lowest BCUT2D eigenvalue weighted by molar-refractivity contribution is -0.125. The first-order valence-electron chi connectivity index (χ1n) is 8.03. The lowest BCUT2D eigenvalue weighted by atomic mass is 10.1. The number of rotatable bonds is 5. The molecule has 0 aromatic heterocycles. The molecule has 0 radical (unpaired) electrons.